The van der Waals surface area contributed by atoms with Gasteiger partial charge in [-0.1, -0.05) is 26.8 Å². The van der Waals surface area contributed by atoms with Crippen molar-refractivity contribution in [3.8, 4) is 5.69 Å². The second-order valence-corrected chi connectivity index (χ2v) is 5.44. The van der Waals surface area contributed by atoms with Gasteiger partial charge in [-0.3, -0.25) is 0 Å². The predicted molar refractivity (Wildman–Crippen MR) is 67.3 cm³/mol. The van der Waals surface area contributed by atoms with Crippen LogP contribution in [0.1, 0.15) is 32.0 Å². The van der Waals surface area contributed by atoms with Crippen molar-refractivity contribution in [2.45, 2.75) is 32.4 Å². The number of aromatic nitrogens is 2. The molecule has 5 heteroatoms. The maximum Gasteiger partial charge on any atom is 0.416 e. The molecule has 0 aliphatic heterocycles. The van der Waals surface area contributed by atoms with Gasteiger partial charge in [0.05, 0.1) is 16.9 Å². The van der Waals surface area contributed by atoms with E-state index >= 15 is 0 Å². The standard InChI is InChI=1S/C14H15F3N2/c1-13(2,3)12-7-8-19(18-12)11-6-4-5-10(9-11)14(15,16)17/h4-9H,1-3H3. The fourth-order valence-corrected chi connectivity index (χ4v) is 1.69. The molecule has 0 spiro atoms. The summed E-state index contributed by atoms with van der Waals surface area (Å²) in [5.74, 6) is 0. The molecule has 0 aliphatic rings. The number of rotatable bonds is 1. The first-order chi connectivity index (χ1) is 8.68. The van der Waals surface area contributed by atoms with Crippen LogP contribution in [0.5, 0.6) is 0 Å². The molecular formula is C14H15F3N2. The normalized spacial score (nSPS) is 12.7. The smallest absolute Gasteiger partial charge is 0.241 e. The van der Waals surface area contributed by atoms with Crippen LogP contribution in [0.3, 0.4) is 0 Å². The molecule has 102 valence electrons. The van der Waals surface area contributed by atoms with Crippen LogP contribution in [-0.2, 0) is 11.6 Å². The fraction of sp³-hybridized carbons (Fsp3) is 0.357. The molecule has 0 radical (unpaired) electrons. The van der Waals surface area contributed by atoms with Crippen molar-refractivity contribution in [1.29, 1.82) is 0 Å². The van der Waals surface area contributed by atoms with Crippen molar-refractivity contribution < 1.29 is 13.2 Å². The van der Waals surface area contributed by atoms with Gasteiger partial charge in [-0.2, -0.15) is 18.3 Å². The van der Waals surface area contributed by atoms with Crippen LogP contribution in [0.2, 0.25) is 0 Å². The van der Waals surface area contributed by atoms with E-state index in [-0.39, 0.29) is 5.41 Å². The maximum absolute atomic E-state index is 12.6. The largest absolute Gasteiger partial charge is 0.416 e. The zero-order chi connectivity index (χ0) is 14.3. The Morgan fingerprint density at radius 1 is 1.05 bits per heavy atom. The molecule has 1 heterocycles. The van der Waals surface area contributed by atoms with Gasteiger partial charge in [-0.15, -0.1) is 0 Å². The molecule has 0 aliphatic carbocycles. The molecule has 0 saturated carbocycles. The van der Waals surface area contributed by atoms with Gasteiger partial charge in [0.2, 0.25) is 0 Å². The predicted octanol–water partition coefficient (Wildman–Crippen LogP) is 4.19. The van der Waals surface area contributed by atoms with E-state index in [2.05, 4.69) is 5.10 Å². The van der Waals surface area contributed by atoms with Crippen molar-refractivity contribution in [2.24, 2.45) is 0 Å². The van der Waals surface area contributed by atoms with Gasteiger partial charge in [0.15, 0.2) is 0 Å². The molecule has 0 atom stereocenters. The SMILES string of the molecule is CC(C)(C)c1ccn(-c2cccc(C(F)(F)F)c2)n1. The zero-order valence-electron chi connectivity index (χ0n) is 11.0. The van der Waals surface area contributed by atoms with Gasteiger partial charge in [0.1, 0.15) is 0 Å². The highest BCUT2D eigenvalue weighted by molar-refractivity contribution is 5.36. The summed E-state index contributed by atoms with van der Waals surface area (Å²) < 4.78 is 39.4. The molecule has 0 bridgehead atoms. The average molecular weight is 268 g/mol. The second kappa shape index (κ2) is 4.40. The van der Waals surface area contributed by atoms with E-state index in [1.54, 1.807) is 12.3 Å². The summed E-state index contributed by atoms with van der Waals surface area (Å²) in [5, 5.41) is 4.32. The Kier molecular flexibility index (Phi) is 3.16. The Balaban J connectivity index is 2.40. The molecule has 0 saturated heterocycles. The molecule has 0 fully saturated rings. The highest BCUT2D eigenvalue weighted by Crippen LogP contribution is 2.30. The minimum atomic E-state index is -4.34. The second-order valence-electron chi connectivity index (χ2n) is 5.44. The summed E-state index contributed by atoms with van der Waals surface area (Å²) in [7, 11) is 0. The highest BCUT2D eigenvalue weighted by atomic mass is 19.4. The quantitative estimate of drug-likeness (QED) is 0.758. The summed E-state index contributed by atoms with van der Waals surface area (Å²) in [4.78, 5) is 0. The maximum atomic E-state index is 12.6. The molecular weight excluding hydrogens is 253 g/mol. The molecule has 0 N–H and O–H groups in total. The number of alkyl halides is 3. The number of hydrogen-bond donors (Lipinski definition) is 0. The minimum Gasteiger partial charge on any atom is -0.241 e. The molecule has 19 heavy (non-hydrogen) atoms. The summed E-state index contributed by atoms with van der Waals surface area (Å²) in [6, 6.07) is 6.96. The fourth-order valence-electron chi connectivity index (χ4n) is 1.69. The van der Waals surface area contributed by atoms with Crippen LogP contribution in [-0.4, -0.2) is 9.78 Å². The first-order valence-electron chi connectivity index (χ1n) is 5.92. The Hall–Kier alpha value is -1.78. The van der Waals surface area contributed by atoms with E-state index in [0.717, 1.165) is 17.8 Å². The van der Waals surface area contributed by atoms with E-state index < -0.39 is 11.7 Å². The lowest BCUT2D eigenvalue weighted by molar-refractivity contribution is -0.137. The van der Waals surface area contributed by atoms with E-state index in [9.17, 15) is 13.2 Å². The lowest BCUT2D eigenvalue weighted by Gasteiger charge is -2.14. The Morgan fingerprint density at radius 2 is 1.74 bits per heavy atom. The zero-order valence-corrected chi connectivity index (χ0v) is 11.0. The van der Waals surface area contributed by atoms with Gasteiger partial charge in [0.25, 0.3) is 0 Å². The summed E-state index contributed by atoms with van der Waals surface area (Å²) in [6.07, 6.45) is -2.66. The number of benzene rings is 1. The number of halogens is 3. The van der Waals surface area contributed by atoms with Crippen molar-refractivity contribution in [1.82, 2.24) is 9.78 Å². The Labute approximate surface area is 109 Å². The monoisotopic (exact) mass is 268 g/mol. The number of hydrogen-bond acceptors (Lipinski definition) is 1. The first-order valence-corrected chi connectivity index (χ1v) is 5.92. The molecule has 1 aromatic carbocycles. The van der Waals surface area contributed by atoms with E-state index in [1.807, 2.05) is 26.8 Å². The average Bonchev–Trinajstić information content (AvgIpc) is 2.77. The Morgan fingerprint density at radius 3 is 2.26 bits per heavy atom. The van der Waals surface area contributed by atoms with Crippen LogP contribution in [0.25, 0.3) is 5.69 Å². The molecule has 2 nitrogen and oxygen atoms in total. The van der Waals surface area contributed by atoms with Crippen LogP contribution in [0, 0.1) is 0 Å². The van der Waals surface area contributed by atoms with Crippen molar-refractivity contribution in [3.63, 3.8) is 0 Å². The first kappa shape index (κ1) is 13.6. The minimum absolute atomic E-state index is 0.132. The molecule has 2 aromatic rings. The molecule has 0 unspecified atom stereocenters. The highest BCUT2D eigenvalue weighted by Gasteiger charge is 2.30. The van der Waals surface area contributed by atoms with Crippen molar-refractivity contribution >= 4 is 0 Å². The van der Waals surface area contributed by atoms with Gasteiger partial charge >= 0.3 is 6.18 Å². The summed E-state index contributed by atoms with van der Waals surface area (Å²) in [6.45, 7) is 6.02. The van der Waals surface area contributed by atoms with Gasteiger partial charge in [-0.25, -0.2) is 4.68 Å². The van der Waals surface area contributed by atoms with Gasteiger partial charge in [0, 0.05) is 11.6 Å². The van der Waals surface area contributed by atoms with Crippen LogP contribution >= 0.6 is 0 Å². The third-order valence-corrected chi connectivity index (χ3v) is 2.80. The lowest BCUT2D eigenvalue weighted by Crippen LogP contribution is -2.12. The van der Waals surface area contributed by atoms with Crippen LogP contribution in [0.4, 0.5) is 13.2 Å². The topological polar surface area (TPSA) is 17.8 Å². The van der Waals surface area contributed by atoms with Crippen LogP contribution in [0.15, 0.2) is 36.5 Å². The van der Waals surface area contributed by atoms with Crippen molar-refractivity contribution in [2.75, 3.05) is 0 Å². The third-order valence-electron chi connectivity index (χ3n) is 2.80. The summed E-state index contributed by atoms with van der Waals surface area (Å²) >= 11 is 0. The van der Waals surface area contributed by atoms with Gasteiger partial charge < -0.3 is 0 Å². The van der Waals surface area contributed by atoms with E-state index in [4.69, 9.17) is 0 Å². The lowest BCUT2D eigenvalue weighted by atomic mass is 9.93. The molecule has 2 rings (SSSR count). The van der Waals surface area contributed by atoms with Crippen molar-refractivity contribution in [3.05, 3.63) is 47.8 Å². The van der Waals surface area contributed by atoms with Gasteiger partial charge in [-0.05, 0) is 24.3 Å². The third kappa shape index (κ3) is 2.97. The Bertz CT molecular complexity index is 577. The van der Waals surface area contributed by atoms with E-state index in [1.165, 1.54) is 10.7 Å². The number of nitrogens with zero attached hydrogens (tertiary/aromatic N) is 2. The van der Waals surface area contributed by atoms with E-state index in [0.29, 0.717) is 5.69 Å². The summed E-state index contributed by atoms with van der Waals surface area (Å²) in [5.41, 5.74) is 0.445. The van der Waals surface area contributed by atoms with Crippen LogP contribution < -0.4 is 0 Å². The molecule has 1 aromatic heterocycles. The molecule has 0 amide bonds.